The first-order valence-corrected chi connectivity index (χ1v) is 6.08. The molecule has 8 nitrogen and oxygen atoms in total. The molecule has 0 radical (unpaired) electrons. The van der Waals surface area contributed by atoms with E-state index in [9.17, 15) is 19.7 Å². The second kappa shape index (κ2) is 5.24. The average Bonchev–Trinajstić information content (AvgIpc) is 2.41. The molecule has 106 valence electrons. The maximum Gasteiger partial charge on any atom is 0.311 e. The molecule has 2 amide bonds. The SMILES string of the molecule is Cc1cnc(NC2CCC(=O)N(C)C2=O)c([N+](=O)[O-])c1. The Morgan fingerprint density at radius 1 is 1.50 bits per heavy atom. The van der Waals surface area contributed by atoms with Crippen LogP contribution in [0.15, 0.2) is 12.3 Å². The number of amides is 2. The smallest absolute Gasteiger partial charge is 0.311 e. The highest BCUT2D eigenvalue weighted by molar-refractivity contribution is 6.01. The van der Waals surface area contributed by atoms with Crippen molar-refractivity contribution in [3.8, 4) is 0 Å². The molecule has 1 unspecified atom stereocenters. The van der Waals surface area contributed by atoms with Gasteiger partial charge in [0, 0.05) is 25.7 Å². The average molecular weight is 278 g/mol. The molecule has 8 heteroatoms. The maximum atomic E-state index is 11.9. The summed E-state index contributed by atoms with van der Waals surface area (Å²) in [6.45, 7) is 1.70. The second-order valence-corrected chi connectivity index (χ2v) is 4.66. The molecular formula is C12H14N4O4. The fourth-order valence-electron chi connectivity index (χ4n) is 2.02. The minimum absolute atomic E-state index is 0.0432. The third-order valence-electron chi connectivity index (χ3n) is 3.16. The fraction of sp³-hybridized carbons (Fsp3) is 0.417. The van der Waals surface area contributed by atoms with Crippen molar-refractivity contribution in [2.45, 2.75) is 25.8 Å². The van der Waals surface area contributed by atoms with Crippen LogP contribution in [-0.2, 0) is 9.59 Å². The van der Waals surface area contributed by atoms with Crippen LogP contribution in [0.5, 0.6) is 0 Å². The Bertz CT molecular complexity index is 587. The Hall–Kier alpha value is -2.51. The molecule has 1 aliphatic rings. The molecule has 20 heavy (non-hydrogen) atoms. The van der Waals surface area contributed by atoms with E-state index in [4.69, 9.17) is 0 Å². The summed E-state index contributed by atoms with van der Waals surface area (Å²) in [6, 6.07) is 0.712. The van der Waals surface area contributed by atoms with E-state index in [2.05, 4.69) is 10.3 Å². The number of anilines is 1. The van der Waals surface area contributed by atoms with Crippen molar-refractivity contribution < 1.29 is 14.5 Å². The number of aryl methyl sites for hydroxylation is 1. The van der Waals surface area contributed by atoms with Gasteiger partial charge in [0.2, 0.25) is 11.7 Å². The highest BCUT2D eigenvalue weighted by Crippen LogP contribution is 2.25. The summed E-state index contributed by atoms with van der Waals surface area (Å²) in [5, 5.41) is 13.8. The number of piperidine rings is 1. The molecule has 2 rings (SSSR count). The molecule has 0 aromatic carbocycles. The van der Waals surface area contributed by atoms with E-state index >= 15 is 0 Å². The van der Waals surface area contributed by atoms with Crippen molar-refractivity contribution in [3.05, 3.63) is 27.9 Å². The summed E-state index contributed by atoms with van der Waals surface area (Å²) in [4.78, 5) is 38.7. The summed E-state index contributed by atoms with van der Waals surface area (Å²) in [5.74, 6) is -0.612. The van der Waals surface area contributed by atoms with Crippen LogP contribution < -0.4 is 5.32 Å². The lowest BCUT2D eigenvalue weighted by Gasteiger charge is -2.28. The lowest BCUT2D eigenvalue weighted by atomic mass is 10.0. The Labute approximate surface area is 114 Å². The number of nitro groups is 1. The van der Waals surface area contributed by atoms with Crippen LogP contribution in [0.4, 0.5) is 11.5 Å². The van der Waals surface area contributed by atoms with E-state index in [1.165, 1.54) is 19.3 Å². The molecule has 1 N–H and O–H groups in total. The minimum Gasteiger partial charge on any atom is -0.353 e. The second-order valence-electron chi connectivity index (χ2n) is 4.66. The first-order valence-electron chi connectivity index (χ1n) is 6.08. The molecular weight excluding hydrogens is 264 g/mol. The number of carbonyl (C=O) groups is 2. The molecule has 1 atom stereocenters. The summed E-state index contributed by atoms with van der Waals surface area (Å²) in [7, 11) is 1.40. The molecule has 1 saturated heterocycles. The lowest BCUT2D eigenvalue weighted by Crippen LogP contribution is -2.48. The van der Waals surface area contributed by atoms with Gasteiger partial charge >= 0.3 is 5.69 Å². The van der Waals surface area contributed by atoms with E-state index in [1.807, 2.05) is 0 Å². The van der Waals surface area contributed by atoms with Gasteiger partial charge < -0.3 is 5.32 Å². The monoisotopic (exact) mass is 278 g/mol. The highest BCUT2D eigenvalue weighted by atomic mass is 16.6. The lowest BCUT2D eigenvalue weighted by molar-refractivity contribution is -0.384. The van der Waals surface area contributed by atoms with E-state index in [0.29, 0.717) is 12.0 Å². The van der Waals surface area contributed by atoms with E-state index in [1.54, 1.807) is 6.92 Å². The zero-order valence-electron chi connectivity index (χ0n) is 11.1. The topological polar surface area (TPSA) is 105 Å². The molecule has 1 aliphatic heterocycles. The quantitative estimate of drug-likeness (QED) is 0.499. The number of hydrogen-bond donors (Lipinski definition) is 1. The van der Waals surface area contributed by atoms with Gasteiger partial charge in [-0.1, -0.05) is 0 Å². The molecule has 0 saturated carbocycles. The Balaban J connectivity index is 2.24. The van der Waals surface area contributed by atoms with Crippen molar-refractivity contribution in [1.29, 1.82) is 0 Å². The van der Waals surface area contributed by atoms with Gasteiger partial charge in [0.15, 0.2) is 0 Å². The van der Waals surface area contributed by atoms with Gasteiger partial charge in [0.25, 0.3) is 5.91 Å². The van der Waals surface area contributed by atoms with Crippen molar-refractivity contribution in [3.63, 3.8) is 0 Å². The number of hydrogen-bond acceptors (Lipinski definition) is 6. The zero-order valence-corrected chi connectivity index (χ0v) is 11.1. The standard InChI is InChI=1S/C12H14N4O4/c1-7-5-9(16(19)20)11(13-6-7)14-8-3-4-10(17)15(2)12(8)18/h5-6,8H,3-4H2,1-2H3,(H,13,14). The van der Waals surface area contributed by atoms with Gasteiger partial charge in [-0.3, -0.25) is 24.6 Å². The van der Waals surface area contributed by atoms with Crippen LogP contribution in [0, 0.1) is 17.0 Å². The number of likely N-dealkylation sites (N-methyl/N-ethyl adjacent to an activating group) is 1. The van der Waals surface area contributed by atoms with Crippen molar-refractivity contribution in [2.24, 2.45) is 0 Å². The number of likely N-dealkylation sites (tertiary alicyclic amines) is 1. The highest BCUT2D eigenvalue weighted by Gasteiger charge is 2.33. The van der Waals surface area contributed by atoms with Crippen LogP contribution in [0.3, 0.4) is 0 Å². The number of rotatable bonds is 3. The van der Waals surface area contributed by atoms with Crippen LogP contribution in [0.2, 0.25) is 0 Å². The van der Waals surface area contributed by atoms with Crippen LogP contribution in [0.25, 0.3) is 0 Å². The first-order chi connectivity index (χ1) is 9.40. The largest absolute Gasteiger partial charge is 0.353 e. The number of aromatic nitrogens is 1. The number of carbonyl (C=O) groups excluding carboxylic acids is 2. The van der Waals surface area contributed by atoms with Crippen LogP contribution in [-0.4, -0.2) is 39.7 Å². The van der Waals surface area contributed by atoms with Gasteiger partial charge in [-0.15, -0.1) is 0 Å². The molecule has 1 fully saturated rings. The first kappa shape index (κ1) is 13.9. The van der Waals surface area contributed by atoms with Gasteiger partial charge in [-0.2, -0.15) is 0 Å². The van der Waals surface area contributed by atoms with Gasteiger partial charge in [0.05, 0.1) is 4.92 Å². The third kappa shape index (κ3) is 2.58. The summed E-state index contributed by atoms with van der Waals surface area (Å²) >= 11 is 0. The van der Waals surface area contributed by atoms with E-state index in [0.717, 1.165) is 4.90 Å². The van der Waals surface area contributed by atoms with E-state index in [-0.39, 0.29) is 23.8 Å². The molecule has 1 aromatic heterocycles. The Morgan fingerprint density at radius 3 is 2.85 bits per heavy atom. The molecule has 0 bridgehead atoms. The number of nitrogens with zero attached hydrogens (tertiary/aromatic N) is 3. The Kier molecular flexibility index (Phi) is 3.64. The van der Waals surface area contributed by atoms with Gasteiger partial charge in [0.1, 0.15) is 6.04 Å². The van der Waals surface area contributed by atoms with Crippen molar-refractivity contribution in [1.82, 2.24) is 9.88 Å². The molecule has 1 aromatic rings. The normalized spacial score (nSPS) is 19.1. The van der Waals surface area contributed by atoms with Crippen molar-refractivity contribution >= 4 is 23.3 Å². The Morgan fingerprint density at radius 2 is 2.20 bits per heavy atom. The van der Waals surface area contributed by atoms with Crippen LogP contribution in [0.1, 0.15) is 18.4 Å². The van der Waals surface area contributed by atoms with Gasteiger partial charge in [-0.25, -0.2) is 4.98 Å². The fourth-order valence-corrected chi connectivity index (χ4v) is 2.02. The minimum atomic E-state index is -0.674. The number of pyridine rings is 1. The van der Waals surface area contributed by atoms with Crippen LogP contribution >= 0.6 is 0 Å². The summed E-state index contributed by atoms with van der Waals surface area (Å²) < 4.78 is 0. The summed E-state index contributed by atoms with van der Waals surface area (Å²) in [5.41, 5.74) is 0.474. The number of nitrogens with one attached hydrogen (secondary N) is 1. The maximum absolute atomic E-state index is 11.9. The number of imide groups is 1. The predicted molar refractivity (Wildman–Crippen MR) is 70.1 cm³/mol. The predicted octanol–water partition coefficient (Wildman–Crippen LogP) is 0.858. The van der Waals surface area contributed by atoms with Gasteiger partial charge in [-0.05, 0) is 18.9 Å². The molecule has 0 spiro atoms. The van der Waals surface area contributed by atoms with E-state index < -0.39 is 16.9 Å². The summed E-state index contributed by atoms with van der Waals surface area (Å²) in [6.07, 6.45) is 2.01. The van der Waals surface area contributed by atoms with Crippen molar-refractivity contribution in [2.75, 3.05) is 12.4 Å². The molecule has 0 aliphatic carbocycles. The third-order valence-corrected chi connectivity index (χ3v) is 3.16. The zero-order chi connectivity index (χ0) is 14.9. The molecule has 2 heterocycles.